The lowest BCUT2D eigenvalue weighted by atomic mass is 9.78. The first-order valence-electron chi connectivity index (χ1n) is 10.5. The van der Waals surface area contributed by atoms with Crippen LogP contribution in [0, 0.1) is 5.82 Å². The molecule has 0 bridgehead atoms. The Labute approximate surface area is 188 Å². The Bertz CT molecular complexity index is 996. The minimum atomic E-state index is -0.243. The van der Waals surface area contributed by atoms with Crippen molar-refractivity contribution < 1.29 is 13.9 Å². The Morgan fingerprint density at radius 3 is 2.00 bits per heavy atom. The van der Waals surface area contributed by atoms with Crippen molar-refractivity contribution in [2.75, 3.05) is 0 Å². The molecular formula is C25H31FN2O2S. The van der Waals surface area contributed by atoms with Gasteiger partial charge in [0.25, 0.3) is 5.22 Å². The van der Waals surface area contributed by atoms with Crippen molar-refractivity contribution >= 4 is 11.8 Å². The third-order valence-electron chi connectivity index (χ3n) is 5.14. The normalized spacial score (nSPS) is 12.4. The standard InChI is InChI=1S/C25H31FN2O2S/c1-24(2,3)19-13-17(14-20(22(19)29)25(4,5)6)9-12-21-27-28-23(30-21)31-15-16-7-10-18(26)11-8-16/h7-8,10-11,13-14,29H,9,12,15H2,1-6H3. The van der Waals surface area contributed by atoms with Gasteiger partial charge in [-0.1, -0.05) is 77.6 Å². The van der Waals surface area contributed by atoms with Crippen LogP contribution in [0.5, 0.6) is 5.75 Å². The first-order chi connectivity index (χ1) is 14.4. The summed E-state index contributed by atoms with van der Waals surface area (Å²) >= 11 is 1.44. The van der Waals surface area contributed by atoms with E-state index in [1.54, 1.807) is 12.1 Å². The summed E-state index contributed by atoms with van der Waals surface area (Å²) in [6, 6.07) is 10.6. The van der Waals surface area contributed by atoms with Crippen LogP contribution in [0.15, 0.2) is 46.0 Å². The maximum absolute atomic E-state index is 13.0. The Balaban J connectivity index is 1.70. The van der Waals surface area contributed by atoms with E-state index in [0.717, 1.165) is 28.7 Å². The Kier molecular flexibility index (Phi) is 6.79. The van der Waals surface area contributed by atoms with E-state index in [2.05, 4.69) is 63.9 Å². The van der Waals surface area contributed by atoms with Gasteiger partial charge in [-0.15, -0.1) is 10.2 Å². The van der Waals surface area contributed by atoms with Crippen LogP contribution in [0.3, 0.4) is 0 Å². The predicted octanol–water partition coefficient (Wildman–Crippen LogP) is 6.59. The smallest absolute Gasteiger partial charge is 0.276 e. The van der Waals surface area contributed by atoms with Crippen LogP contribution in [-0.2, 0) is 29.4 Å². The summed E-state index contributed by atoms with van der Waals surface area (Å²) in [4.78, 5) is 0. The van der Waals surface area contributed by atoms with E-state index in [1.807, 2.05) is 0 Å². The minimum absolute atomic E-state index is 0.158. The van der Waals surface area contributed by atoms with Gasteiger partial charge in [-0.25, -0.2) is 4.39 Å². The van der Waals surface area contributed by atoms with Gasteiger partial charge in [0.05, 0.1) is 0 Å². The zero-order chi connectivity index (χ0) is 22.8. The zero-order valence-electron chi connectivity index (χ0n) is 19.1. The number of rotatable bonds is 6. The number of thioether (sulfide) groups is 1. The van der Waals surface area contributed by atoms with Crippen LogP contribution in [-0.4, -0.2) is 15.3 Å². The highest BCUT2D eigenvalue weighted by molar-refractivity contribution is 7.98. The average molecular weight is 443 g/mol. The van der Waals surface area contributed by atoms with Gasteiger partial charge in [0.2, 0.25) is 5.89 Å². The Hall–Kier alpha value is -2.34. The van der Waals surface area contributed by atoms with Gasteiger partial charge in [-0.2, -0.15) is 0 Å². The molecule has 3 rings (SSSR count). The average Bonchev–Trinajstić information content (AvgIpc) is 3.13. The van der Waals surface area contributed by atoms with Crippen LogP contribution in [0.2, 0.25) is 0 Å². The molecule has 1 aromatic heterocycles. The molecule has 31 heavy (non-hydrogen) atoms. The number of aryl methyl sites for hydroxylation is 2. The molecule has 0 fully saturated rings. The highest BCUT2D eigenvalue weighted by atomic mass is 32.2. The van der Waals surface area contributed by atoms with Gasteiger partial charge in [-0.05, 0) is 51.6 Å². The fourth-order valence-electron chi connectivity index (χ4n) is 3.36. The van der Waals surface area contributed by atoms with Gasteiger partial charge in [0.1, 0.15) is 11.6 Å². The molecule has 166 valence electrons. The summed E-state index contributed by atoms with van der Waals surface area (Å²) in [5, 5.41) is 19.7. The van der Waals surface area contributed by atoms with Crippen LogP contribution in [0.1, 0.15) is 69.7 Å². The molecule has 0 saturated heterocycles. The maximum atomic E-state index is 13.0. The molecule has 0 aliphatic rings. The topological polar surface area (TPSA) is 59.2 Å². The van der Waals surface area contributed by atoms with Gasteiger partial charge < -0.3 is 9.52 Å². The fourth-order valence-corrected chi connectivity index (χ4v) is 4.09. The number of halogens is 1. The molecule has 0 saturated carbocycles. The fraction of sp³-hybridized carbons (Fsp3) is 0.440. The molecule has 0 aliphatic carbocycles. The molecule has 3 aromatic rings. The monoisotopic (exact) mass is 442 g/mol. The largest absolute Gasteiger partial charge is 0.507 e. The number of nitrogens with zero attached hydrogens (tertiary/aromatic N) is 2. The summed E-state index contributed by atoms with van der Waals surface area (Å²) in [7, 11) is 0. The molecule has 0 atom stereocenters. The summed E-state index contributed by atoms with van der Waals surface area (Å²) in [5.41, 5.74) is 3.74. The van der Waals surface area contributed by atoms with Crippen LogP contribution in [0.4, 0.5) is 4.39 Å². The number of phenolic OH excluding ortho intramolecular Hbond substituents is 1. The molecule has 0 radical (unpaired) electrons. The lowest BCUT2D eigenvalue weighted by molar-refractivity contribution is 0.412. The number of hydrogen-bond donors (Lipinski definition) is 1. The SMILES string of the molecule is CC(C)(C)c1cc(CCc2nnc(SCc3ccc(F)cc3)o2)cc(C(C)(C)C)c1O. The number of aromatic nitrogens is 2. The van der Waals surface area contributed by atoms with Crippen LogP contribution >= 0.6 is 11.8 Å². The number of phenols is 1. The second-order valence-electron chi connectivity index (χ2n) is 9.92. The minimum Gasteiger partial charge on any atom is -0.507 e. The van der Waals surface area contributed by atoms with Gasteiger partial charge in [0.15, 0.2) is 0 Å². The van der Waals surface area contributed by atoms with Gasteiger partial charge in [0, 0.05) is 12.2 Å². The van der Waals surface area contributed by atoms with E-state index in [4.69, 9.17) is 4.42 Å². The van der Waals surface area contributed by atoms with Crippen molar-refractivity contribution in [3.05, 3.63) is 70.4 Å². The second-order valence-corrected chi connectivity index (χ2v) is 10.8. The van der Waals surface area contributed by atoms with Crippen molar-refractivity contribution in [3.8, 4) is 5.75 Å². The third kappa shape index (κ3) is 6.10. The quantitative estimate of drug-likeness (QED) is 0.437. The highest BCUT2D eigenvalue weighted by Crippen LogP contribution is 2.40. The lowest BCUT2D eigenvalue weighted by Gasteiger charge is -2.28. The molecule has 4 nitrogen and oxygen atoms in total. The van der Waals surface area contributed by atoms with E-state index in [-0.39, 0.29) is 16.6 Å². The summed E-state index contributed by atoms with van der Waals surface area (Å²) in [5.74, 6) is 1.38. The summed E-state index contributed by atoms with van der Waals surface area (Å²) < 4.78 is 18.8. The molecule has 0 unspecified atom stereocenters. The van der Waals surface area contributed by atoms with Crippen molar-refractivity contribution in [3.63, 3.8) is 0 Å². The molecule has 0 amide bonds. The Morgan fingerprint density at radius 1 is 0.871 bits per heavy atom. The number of aromatic hydroxyl groups is 1. The Morgan fingerprint density at radius 2 is 1.45 bits per heavy atom. The lowest BCUT2D eigenvalue weighted by Crippen LogP contribution is -2.18. The molecule has 1 N–H and O–H groups in total. The van der Waals surface area contributed by atoms with Crippen LogP contribution in [0.25, 0.3) is 0 Å². The highest BCUT2D eigenvalue weighted by Gasteiger charge is 2.26. The number of hydrogen-bond acceptors (Lipinski definition) is 5. The van der Waals surface area contributed by atoms with E-state index in [9.17, 15) is 9.50 Å². The molecule has 6 heteroatoms. The van der Waals surface area contributed by atoms with Crippen molar-refractivity contribution in [2.45, 2.75) is 76.2 Å². The maximum Gasteiger partial charge on any atom is 0.276 e. The molecule has 1 heterocycles. The van der Waals surface area contributed by atoms with Crippen LogP contribution < -0.4 is 0 Å². The second kappa shape index (κ2) is 9.03. The molecule has 2 aromatic carbocycles. The van der Waals surface area contributed by atoms with Gasteiger partial charge >= 0.3 is 0 Å². The number of benzene rings is 2. The van der Waals surface area contributed by atoms with Gasteiger partial charge in [-0.3, -0.25) is 0 Å². The van der Waals surface area contributed by atoms with Crippen molar-refractivity contribution in [1.82, 2.24) is 10.2 Å². The van der Waals surface area contributed by atoms with Crippen molar-refractivity contribution in [1.29, 1.82) is 0 Å². The summed E-state index contributed by atoms with van der Waals surface area (Å²) in [6.45, 7) is 12.7. The first kappa shape index (κ1) is 23.3. The third-order valence-corrected chi connectivity index (χ3v) is 6.03. The zero-order valence-corrected chi connectivity index (χ0v) is 19.9. The van der Waals surface area contributed by atoms with Crippen molar-refractivity contribution in [2.24, 2.45) is 0 Å². The summed E-state index contributed by atoms with van der Waals surface area (Å²) in [6.07, 6.45) is 1.37. The van der Waals surface area contributed by atoms with E-state index >= 15 is 0 Å². The van der Waals surface area contributed by atoms with E-state index in [0.29, 0.717) is 29.0 Å². The first-order valence-corrected chi connectivity index (χ1v) is 11.5. The van der Waals surface area contributed by atoms with E-state index < -0.39 is 0 Å². The van der Waals surface area contributed by atoms with E-state index in [1.165, 1.54) is 23.9 Å². The molecule has 0 aliphatic heterocycles. The predicted molar refractivity (Wildman–Crippen MR) is 123 cm³/mol. The molecule has 0 spiro atoms. The molecular weight excluding hydrogens is 411 g/mol.